The molecule has 0 aliphatic heterocycles. The second-order valence-corrected chi connectivity index (χ2v) is 7.81. The van der Waals surface area contributed by atoms with Crippen LogP contribution >= 0.6 is 0 Å². The molecule has 1 unspecified atom stereocenters. The highest BCUT2D eigenvalue weighted by Gasteiger charge is 2.47. The predicted molar refractivity (Wildman–Crippen MR) is 91.6 cm³/mol. The summed E-state index contributed by atoms with van der Waals surface area (Å²) >= 11 is 0. The summed E-state index contributed by atoms with van der Waals surface area (Å²) in [6, 6.07) is 6.01. The van der Waals surface area contributed by atoms with Gasteiger partial charge in [-0.1, -0.05) is 39.8 Å². The Kier molecular flexibility index (Phi) is 4.36. The number of hydrogen-bond donors (Lipinski definition) is 1. The van der Waals surface area contributed by atoms with Crippen LogP contribution in [0, 0.1) is 56.2 Å². The number of nitrogens with zero attached hydrogens (tertiary/aromatic N) is 3. The zero-order chi connectivity index (χ0) is 18.1. The zero-order valence-corrected chi connectivity index (χ0v) is 14.5. The van der Waals surface area contributed by atoms with Gasteiger partial charge in [0, 0.05) is 0 Å². The normalized spacial score (nSPS) is 23.2. The zero-order valence-electron chi connectivity index (χ0n) is 14.5. The van der Waals surface area contributed by atoms with Gasteiger partial charge in [0.15, 0.2) is 0 Å². The highest BCUT2D eigenvalue weighted by Crippen LogP contribution is 2.57. The Morgan fingerprint density at radius 2 is 1.58 bits per heavy atom. The maximum absolute atomic E-state index is 9.24. The van der Waals surface area contributed by atoms with Gasteiger partial charge >= 0.3 is 0 Å². The van der Waals surface area contributed by atoms with E-state index in [0.717, 1.165) is 16.7 Å². The van der Waals surface area contributed by atoms with E-state index in [9.17, 15) is 15.8 Å². The van der Waals surface area contributed by atoms with Crippen LogP contribution in [0.15, 0.2) is 40.0 Å². The van der Waals surface area contributed by atoms with E-state index >= 15 is 0 Å². The number of rotatable bonds is 1. The minimum Gasteiger partial charge on any atom is -0.258 e. The van der Waals surface area contributed by atoms with E-state index in [4.69, 9.17) is 5.41 Å². The number of nitrogens with one attached hydrogen (secondary N) is 1. The predicted octanol–water partition coefficient (Wildman–Crippen LogP) is 4.36. The molecule has 0 aromatic carbocycles. The largest absolute Gasteiger partial charge is 0.258 e. The van der Waals surface area contributed by atoms with Gasteiger partial charge in [-0.3, -0.25) is 5.41 Å². The smallest absolute Gasteiger partial charge is 0.132 e. The molecular weight excluding hydrogens is 296 g/mol. The lowest BCUT2D eigenvalue weighted by Gasteiger charge is -2.51. The lowest BCUT2D eigenvalue weighted by atomic mass is 9.53. The van der Waals surface area contributed by atoms with Gasteiger partial charge in [0.2, 0.25) is 0 Å². The van der Waals surface area contributed by atoms with Gasteiger partial charge in [0.05, 0.1) is 0 Å². The molecule has 4 heteroatoms. The van der Waals surface area contributed by atoms with Gasteiger partial charge in [-0.2, -0.15) is 15.8 Å². The average molecular weight is 316 g/mol. The van der Waals surface area contributed by atoms with Crippen molar-refractivity contribution in [2.24, 2.45) is 16.7 Å². The Bertz CT molecular complexity index is 835. The van der Waals surface area contributed by atoms with Crippen LogP contribution in [0.4, 0.5) is 0 Å². The third-order valence-corrected chi connectivity index (χ3v) is 4.97. The molecule has 0 amide bonds. The van der Waals surface area contributed by atoms with Crippen molar-refractivity contribution in [2.75, 3.05) is 0 Å². The van der Waals surface area contributed by atoms with Gasteiger partial charge in [0.25, 0.3) is 0 Å². The first-order chi connectivity index (χ1) is 11.2. The lowest BCUT2D eigenvalue weighted by Crippen LogP contribution is -2.42. The highest BCUT2D eigenvalue weighted by molar-refractivity contribution is 5.70. The van der Waals surface area contributed by atoms with Crippen molar-refractivity contribution in [3.63, 3.8) is 0 Å². The van der Waals surface area contributed by atoms with Crippen molar-refractivity contribution >= 4 is 5.87 Å². The molecule has 0 fully saturated rings. The van der Waals surface area contributed by atoms with E-state index in [2.05, 4.69) is 33.6 Å². The van der Waals surface area contributed by atoms with Crippen LogP contribution in [0.3, 0.4) is 0 Å². The monoisotopic (exact) mass is 316 g/mol. The number of hydrogen-bond acceptors (Lipinski definition) is 4. The Balaban J connectivity index is 2.75. The van der Waals surface area contributed by atoms with E-state index < -0.39 is 0 Å². The van der Waals surface area contributed by atoms with Gasteiger partial charge in [0.1, 0.15) is 29.4 Å². The number of nitriles is 3. The third-order valence-electron chi connectivity index (χ3n) is 4.97. The van der Waals surface area contributed by atoms with Crippen molar-refractivity contribution in [3.05, 3.63) is 40.0 Å². The molecule has 2 rings (SSSR count). The van der Waals surface area contributed by atoms with Crippen molar-refractivity contribution in [3.8, 4) is 18.2 Å². The fraction of sp³-hybridized carbons (Fsp3) is 0.450. The Hall–Kier alpha value is -2.86. The standard InChI is InChI=1S/C20H20N4/c1-19(2)7-14(16(9-21)10-22)5-13-6-15(17(11-23)12-24)8-20(3,4)18(13)19/h5-6,18,21H,7-8H2,1-4H3. The van der Waals surface area contributed by atoms with Crippen molar-refractivity contribution in [1.29, 1.82) is 21.2 Å². The maximum atomic E-state index is 9.24. The molecule has 0 aromatic rings. The molecule has 4 nitrogen and oxygen atoms in total. The molecule has 2 aliphatic carbocycles. The van der Waals surface area contributed by atoms with E-state index in [1.807, 2.05) is 30.4 Å². The highest BCUT2D eigenvalue weighted by atomic mass is 14.5. The topological polar surface area (TPSA) is 95.2 Å². The van der Waals surface area contributed by atoms with Gasteiger partial charge in [-0.05, 0) is 52.2 Å². The summed E-state index contributed by atoms with van der Waals surface area (Å²) in [5.74, 6) is 2.48. The summed E-state index contributed by atoms with van der Waals surface area (Å²) in [7, 11) is 0. The minimum absolute atomic E-state index is 0.0939. The van der Waals surface area contributed by atoms with Crippen molar-refractivity contribution < 1.29 is 0 Å². The third kappa shape index (κ3) is 2.83. The summed E-state index contributed by atoms with van der Waals surface area (Å²) in [5.41, 5.74) is 2.77. The van der Waals surface area contributed by atoms with Crippen LogP contribution in [0.1, 0.15) is 40.5 Å². The Morgan fingerprint density at radius 1 is 1.00 bits per heavy atom. The molecule has 120 valence electrons. The molecule has 0 bridgehead atoms. The molecule has 1 atom stereocenters. The fourth-order valence-corrected chi connectivity index (χ4v) is 4.53. The summed E-state index contributed by atoms with van der Waals surface area (Å²) in [6.07, 6.45) is 5.26. The SMILES string of the molecule is CC1(C)CC(C(=C=N)C#N)=CC2=CC(=C(C#N)C#N)CC(C)(C)C21. The quantitative estimate of drug-likeness (QED) is 0.575. The first-order valence-corrected chi connectivity index (χ1v) is 7.86. The Morgan fingerprint density at radius 3 is 2.08 bits per heavy atom. The molecule has 0 radical (unpaired) electrons. The fourth-order valence-electron chi connectivity index (χ4n) is 4.53. The van der Waals surface area contributed by atoms with Crippen LogP contribution in [0.25, 0.3) is 0 Å². The second kappa shape index (κ2) is 5.98. The van der Waals surface area contributed by atoms with Crippen LogP contribution in [0.2, 0.25) is 0 Å². The minimum atomic E-state index is -0.106. The van der Waals surface area contributed by atoms with Crippen LogP contribution in [-0.2, 0) is 0 Å². The molecule has 1 N–H and O–H groups in total. The van der Waals surface area contributed by atoms with Crippen LogP contribution in [0.5, 0.6) is 0 Å². The van der Waals surface area contributed by atoms with Crippen LogP contribution in [-0.4, -0.2) is 5.87 Å². The first-order valence-electron chi connectivity index (χ1n) is 7.86. The molecule has 0 heterocycles. The number of allylic oxidation sites excluding steroid dienone is 7. The van der Waals surface area contributed by atoms with E-state index in [1.54, 1.807) is 0 Å². The molecule has 0 spiro atoms. The van der Waals surface area contributed by atoms with Gasteiger partial charge in [-0.25, -0.2) is 0 Å². The molecule has 0 aromatic heterocycles. The Labute approximate surface area is 143 Å². The first kappa shape index (κ1) is 17.5. The molecule has 2 aliphatic rings. The summed E-state index contributed by atoms with van der Waals surface area (Å²) < 4.78 is 0. The van der Waals surface area contributed by atoms with Crippen molar-refractivity contribution in [2.45, 2.75) is 40.5 Å². The lowest BCUT2D eigenvalue weighted by molar-refractivity contribution is 0.0965. The van der Waals surface area contributed by atoms with Gasteiger partial charge < -0.3 is 0 Å². The molecular formula is C20H20N4. The summed E-state index contributed by atoms with van der Waals surface area (Å²) in [4.78, 5) is 0. The van der Waals surface area contributed by atoms with E-state index in [1.165, 1.54) is 0 Å². The number of fused-ring (bicyclic) bond motifs is 1. The van der Waals surface area contributed by atoms with E-state index in [-0.39, 0.29) is 27.9 Å². The molecule has 0 saturated heterocycles. The molecule has 24 heavy (non-hydrogen) atoms. The summed E-state index contributed by atoms with van der Waals surface area (Å²) in [5, 5.41) is 35.0. The average Bonchev–Trinajstić information content (AvgIpc) is 2.47. The van der Waals surface area contributed by atoms with Crippen LogP contribution < -0.4 is 0 Å². The van der Waals surface area contributed by atoms with Gasteiger partial charge in [-0.15, -0.1) is 0 Å². The molecule has 0 saturated carbocycles. The van der Waals surface area contributed by atoms with E-state index in [0.29, 0.717) is 12.8 Å². The van der Waals surface area contributed by atoms with Crippen molar-refractivity contribution in [1.82, 2.24) is 0 Å². The summed E-state index contributed by atoms with van der Waals surface area (Å²) in [6.45, 7) is 8.66. The maximum Gasteiger partial charge on any atom is 0.132 e. The second-order valence-electron chi connectivity index (χ2n) is 7.81.